The Morgan fingerprint density at radius 1 is 1.20 bits per heavy atom. The van der Waals surface area contributed by atoms with E-state index in [9.17, 15) is 4.39 Å². The molecule has 2 rings (SSSR count). The zero-order valence-electron chi connectivity index (χ0n) is 11.1. The Balaban J connectivity index is 2.55. The summed E-state index contributed by atoms with van der Waals surface area (Å²) < 4.78 is 14.5. The second kappa shape index (κ2) is 6.45. The van der Waals surface area contributed by atoms with E-state index < -0.39 is 5.82 Å². The molecule has 2 aromatic rings. The van der Waals surface area contributed by atoms with Crippen LogP contribution in [-0.4, -0.2) is 28.0 Å². The Hall–Kier alpha value is -1.27. The number of anilines is 1. The molecule has 0 atom stereocenters. The highest BCUT2D eigenvalue weighted by Crippen LogP contribution is 2.27. The molecule has 0 radical (unpaired) electrons. The van der Waals surface area contributed by atoms with Gasteiger partial charge in [0.2, 0.25) is 11.2 Å². The van der Waals surface area contributed by atoms with Crippen LogP contribution in [0.2, 0.25) is 5.28 Å². The summed E-state index contributed by atoms with van der Waals surface area (Å²) >= 11 is 9.07. The molecule has 1 aromatic heterocycles. The number of nitrogens with zero attached hydrogens (tertiary/aromatic N) is 4. The van der Waals surface area contributed by atoms with Gasteiger partial charge in [-0.25, -0.2) is 4.39 Å². The predicted molar refractivity (Wildman–Crippen MR) is 81.5 cm³/mol. The summed E-state index contributed by atoms with van der Waals surface area (Å²) in [6.07, 6.45) is 0. The Morgan fingerprint density at radius 2 is 1.90 bits per heavy atom. The fourth-order valence-electron chi connectivity index (χ4n) is 1.78. The van der Waals surface area contributed by atoms with Crippen molar-refractivity contribution in [2.75, 3.05) is 18.0 Å². The highest BCUT2D eigenvalue weighted by molar-refractivity contribution is 9.10. The highest BCUT2D eigenvalue weighted by atomic mass is 79.9. The molecule has 0 bridgehead atoms. The van der Waals surface area contributed by atoms with E-state index in [0.29, 0.717) is 10.4 Å². The van der Waals surface area contributed by atoms with Crippen molar-refractivity contribution >= 4 is 33.5 Å². The van der Waals surface area contributed by atoms with E-state index in [0.717, 1.165) is 13.1 Å². The summed E-state index contributed by atoms with van der Waals surface area (Å²) in [5.74, 6) is 0.260. The number of halogens is 3. The fourth-order valence-corrected chi connectivity index (χ4v) is 2.31. The quantitative estimate of drug-likeness (QED) is 0.829. The van der Waals surface area contributed by atoms with Crippen LogP contribution in [0.4, 0.5) is 10.3 Å². The van der Waals surface area contributed by atoms with Crippen molar-refractivity contribution < 1.29 is 4.39 Å². The first-order valence-electron chi connectivity index (χ1n) is 6.17. The van der Waals surface area contributed by atoms with E-state index >= 15 is 0 Å². The van der Waals surface area contributed by atoms with Gasteiger partial charge in [-0.15, -0.1) is 0 Å². The normalized spacial score (nSPS) is 10.7. The standard InChI is InChI=1S/C13H13BrClFN4/c1-3-20(4-2)13-18-11(17-12(15)19-13)8-6-5-7-9(14)10(8)16/h5-7H,3-4H2,1-2H3. The number of hydrogen-bond acceptors (Lipinski definition) is 4. The molecule has 1 aromatic carbocycles. The first kappa shape index (κ1) is 15.1. The monoisotopic (exact) mass is 358 g/mol. The molecule has 0 saturated heterocycles. The summed E-state index contributed by atoms with van der Waals surface area (Å²) in [6, 6.07) is 4.95. The largest absolute Gasteiger partial charge is 0.341 e. The van der Waals surface area contributed by atoms with Gasteiger partial charge >= 0.3 is 0 Å². The average molecular weight is 360 g/mol. The van der Waals surface area contributed by atoms with Gasteiger partial charge in [0.25, 0.3) is 0 Å². The van der Waals surface area contributed by atoms with Gasteiger partial charge in [-0.3, -0.25) is 0 Å². The van der Waals surface area contributed by atoms with Gasteiger partial charge in [-0.2, -0.15) is 15.0 Å². The molecule has 106 valence electrons. The maximum absolute atomic E-state index is 14.1. The maximum atomic E-state index is 14.1. The molecule has 0 aliphatic carbocycles. The summed E-state index contributed by atoms with van der Waals surface area (Å²) in [7, 11) is 0. The van der Waals surface area contributed by atoms with Crippen molar-refractivity contribution in [3.05, 3.63) is 33.8 Å². The van der Waals surface area contributed by atoms with Crippen molar-refractivity contribution in [2.24, 2.45) is 0 Å². The van der Waals surface area contributed by atoms with E-state index in [1.807, 2.05) is 18.7 Å². The third kappa shape index (κ3) is 3.07. The molecule has 0 aliphatic heterocycles. The molecule has 20 heavy (non-hydrogen) atoms. The second-order valence-electron chi connectivity index (χ2n) is 4.00. The van der Waals surface area contributed by atoms with E-state index in [-0.39, 0.29) is 16.7 Å². The minimum Gasteiger partial charge on any atom is -0.341 e. The van der Waals surface area contributed by atoms with Gasteiger partial charge in [-0.1, -0.05) is 6.07 Å². The van der Waals surface area contributed by atoms with Gasteiger partial charge in [-0.05, 0) is 53.5 Å². The zero-order valence-corrected chi connectivity index (χ0v) is 13.4. The zero-order chi connectivity index (χ0) is 14.7. The predicted octanol–water partition coefficient (Wildman–Crippen LogP) is 3.94. The number of aromatic nitrogens is 3. The minimum absolute atomic E-state index is 0.0521. The Kier molecular flexibility index (Phi) is 4.88. The van der Waals surface area contributed by atoms with Crippen LogP contribution in [0.1, 0.15) is 13.8 Å². The van der Waals surface area contributed by atoms with E-state index in [1.54, 1.807) is 18.2 Å². The van der Waals surface area contributed by atoms with Crippen LogP contribution in [0.15, 0.2) is 22.7 Å². The molecule has 1 heterocycles. The number of rotatable bonds is 4. The molecule has 7 heteroatoms. The van der Waals surface area contributed by atoms with E-state index in [2.05, 4.69) is 30.9 Å². The molecular weight excluding hydrogens is 347 g/mol. The summed E-state index contributed by atoms with van der Waals surface area (Å²) in [4.78, 5) is 14.3. The summed E-state index contributed by atoms with van der Waals surface area (Å²) in [5.41, 5.74) is 0.289. The third-order valence-corrected chi connectivity index (χ3v) is 3.62. The van der Waals surface area contributed by atoms with Crippen LogP contribution in [0.5, 0.6) is 0 Å². The molecular formula is C13H13BrClFN4. The van der Waals surface area contributed by atoms with Crippen LogP contribution >= 0.6 is 27.5 Å². The molecule has 0 amide bonds. The first-order valence-corrected chi connectivity index (χ1v) is 7.34. The van der Waals surface area contributed by atoms with Gasteiger partial charge in [0.05, 0.1) is 10.0 Å². The summed E-state index contributed by atoms with van der Waals surface area (Å²) in [5, 5.41) is 0.0521. The summed E-state index contributed by atoms with van der Waals surface area (Å²) in [6.45, 7) is 5.44. The lowest BCUT2D eigenvalue weighted by molar-refractivity contribution is 0.623. The van der Waals surface area contributed by atoms with Gasteiger partial charge in [0.15, 0.2) is 5.82 Å². The van der Waals surface area contributed by atoms with Gasteiger partial charge in [0.1, 0.15) is 5.82 Å². The van der Waals surface area contributed by atoms with Crippen molar-refractivity contribution in [2.45, 2.75) is 13.8 Å². The Labute approximate surface area is 130 Å². The first-order chi connectivity index (χ1) is 9.56. The molecule has 0 spiro atoms. The van der Waals surface area contributed by atoms with Crippen molar-refractivity contribution in [3.63, 3.8) is 0 Å². The van der Waals surface area contributed by atoms with Crippen molar-refractivity contribution in [1.29, 1.82) is 0 Å². The molecule has 0 aliphatic rings. The van der Waals surface area contributed by atoms with Crippen LogP contribution in [-0.2, 0) is 0 Å². The minimum atomic E-state index is -0.416. The maximum Gasteiger partial charge on any atom is 0.230 e. The van der Waals surface area contributed by atoms with Crippen molar-refractivity contribution in [3.8, 4) is 11.4 Å². The third-order valence-electron chi connectivity index (χ3n) is 2.84. The Morgan fingerprint density at radius 3 is 2.55 bits per heavy atom. The molecule has 0 unspecified atom stereocenters. The van der Waals surface area contributed by atoms with Gasteiger partial charge < -0.3 is 4.90 Å². The Bertz CT molecular complexity index is 619. The van der Waals surface area contributed by atoms with Crippen LogP contribution in [0.25, 0.3) is 11.4 Å². The van der Waals surface area contributed by atoms with E-state index in [1.165, 1.54) is 0 Å². The topological polar surface area (TPSA) is 41.9 Å². The molecule has 0 N–H and O–H groups in total. The molecule has 4 nitrogen and oxygen atoms in total. The van der Waals surface area contributed by atoms with Gasteiger partial charge in [0, 0.05) is 13.1 Å². The second-order valence-corrected chi connectivity index (χ2v) is 5.19. The number of hydrogen-bond donors (Lipinski definition) is 0. The average Bonchev–Trinajstić information content (AvgIpc) is 2.42. The SMILES string of the molecule is CCN(CC)c1nc(Cl)nc(-c2cccc(Br)c2F)n1. The fraction of sp³-hybridized carbons (Fsp3) is 0.308. The van der Waals surface area contributed by atoms with E-state index in [4.69, 9.17) is 11.6 Å². The lowest BCUT2D eigenvalue weighted by Crippen LogP contribution is -2.24. The van der Waals surface area contributed by atoms with Crippen LogP contribution < -0.4 is 4.90 Å². The smallest absolute Gasteiger partial charge is 0.230 e. The lowest BCUT2D eigenvalue weighted by atomic mass is 10.2. The number of benzene rings is 1. The highest BCUT2D eigenvalue weighted by Gasteiger charge is 2.15. The lowest BCUT2D eigenvalue weighted by Gasteiger charge is -2.18. The van der Waals surface area contributed by atoms with Crippen LogP contribution in [0, 0.1) is 5.82 Å². The molecule has 0 saturated carbocycles. The van der Waals surface area contributed by atoms with Crippen LogP contribution in [0.3, 0.4) is 0 Å². The molecule has 0 fully saturated rings. The van der Waals surface area contributed by atoms with Crippen molar-refractivity contribution in [1.82, 2.24) is 15.0 Å².